The number of carbonyl (C=O) groups excluding carboxylic acids is 1. The highest BCUT2D eigenvalue weighted by atomic mass is 16.2. The van der Waals surface area contributed by atoms with E-state index < -0.39 is 0 Å². The van der Waals surface area contributed by atoms with Crippen LogP contribution in [0.25, 0.3) is 0 Å². The zero-order chi connectivity index (χ0) is 15.4. The van der Waals surface area contributed by atoms with Crippen LogP contribution in [0.15, 0.2) is 18.2 Å². The lowest BCUT2D eigenvalue weighted by atomic mass is 10.1. The summed E-state index contributed by atoms with van der Waals surface area (Å²) in [5.74, 6) is 0.0340. The topological polar surface area (TPSA) is 44.4 Å². The van der Waals surface area contributed by atoms with E-state index in [1.54, 1.807) is 0 Å². The van der Waals surface area contributed by atoms with Crippen molar-refractivity contribution >= 4 is 17.3 Å². The van der Waals surface area contributed by atoms with Gasteiger partial charge in [0.05, 0.1) is 0 Å². The molecule has 0 saturated carbocycles. The molecule has 4 nitrogen and oxygen atoms in total. The van der Waals surface area contributed by atoms with Crippen LogP contribution in [0.1, 0.15) is 51.6 Å². The van der Waals surface area contributed by atoms with Crippen molar-refractivity contribution in [3.63, 3.8) is 0 Å². The SMILES string of the molecule is CCCCCN(c1ccc2c(c1)NC(=O)C2NC)C(C)C. The predicted octanol–water partition coefficient (Wildman–Crippen LogP) is 3.30. The number of likely N-dealkylation sites (N-methyl/N-ethyl adjacent to an activating group) is 1. The zero-order valence-electron chi connectivity index (χ0n) is 13.6. The van der Waals surface area contributed by atoms with Crippen LogP contribution >= 0.6 is 0 Å². The Morgan fingerprint density at radius 2 is 2.10 bits per heavy atom. The summed E-state index contributed by atoms with van der Waals surface area (Å²) in [5, 5.41) is 6.03. The molecule has 0 saturated heterocycles. The number of anilines is 2. The van der Waals surface area contributed by atoms with Gasteiger partial charge in [-0.05, 0) is 39.4 Å². The summed E-state index contributed by atoms with van der Waals surface area (Å²) in [6.07, 6.45) is 3.69. The van der Waals surface area contributed by atoms with Crippen molar-refractivity contribution in [2.75, 3.05) is 23.8 Å². The van der Waals surface area contributed by atoms with E-state index in [4.69, 9.17) is 0 Å². The molecule has 1 aromatic carbocycles. The van der Waals surface area contributed by atoms with E-state index in [1.165, 1.54) is 24.9 Å². The molecule has 0 fully saturated rings. The molecule has 4 heteroatoms. The number of hydrogen-bond donors (Lipinski definition) is 2. The van der Waals surface area contributed by atoms with Crippen molar-refractivity contribution in [3.05, 3.63) is 23.8 Å². The van der Waals surface area contributed by atoms with E-state index in [0.29, 0.717) is 6.04 Å². The monoisotopic (exact) mass is 289 g/mol. The summed E-state index contributed by atoms with van der Waals surface area (Å²) < 4.78 is 0. The fourth-order valence-corrected chi connectivity index (χ4v) is 2.93. The summed E-state index contributed by atoms with van der Waals surface area (Å²) in [4.78, 5) is 14.3. The quantitative estimate of drug-likeness (QED) is 0.757. The van der Waals surface area contributed by atoms with E-state index in [9.17, 15) is 4.79 Å². The first-order valence-corrected chi connectivity index (χ1v) is 7.97. The summed E-state index contributed by atoms with van der Waals surface area (Å²) >= 11 is 0. The Kier molecular flexibility index (Phi) is 5.23. The molecule has 1 aliphatic rings. The number of amides is 1. The highest BCUT2D eigenvalue weighted by molar-refractivity contribution is 6.03. The molecule has 0 spiro atoms. The Bertz CT molecular complexity index is 499. The average molecular weight is 289 g/mol. The molecule has 1 unspecified atom stereocenters. The van der Waals surface area contributed by atoms with Crippen LogP contribution in [0.2, 0.25) is 0 Å². The largest absolute Gasteiger partial charge is 0.369 e. The first-order chi connectivity index (χ1) is 10.1. The smallest absolute Gasteiger partial charge is 0.246 e. The van der Waals surface area contributed by atoms with Crippen LogP contribution in [0.4, 0.5) is 11.4 Å². The Hall–Kier alpha value is -1.55. The molecule has 1 aromatic rings. The molecule has 1 atom stereocenters. The van der Waals surface area contributed by atoms with Crippen LogP contribution < -0.4 is 15.5 Å². The summed E-state index contributed by atoms with van der Waals surface area (Å²) in [7, 11) is 1.82. The molecular weight excluding hydrogens is 262 g/mol. The first kappa shape index (κ1) is 15.8. The molecule has 2 N–H and O–H groups in total. The number of nitrogens with zero attached hydrogens (tertiary/aromatic N) is 1. The number of fused-ring (bicyclic) bond motifs is 1. The summed E-state index contributed by atoms with van der Waals surface area (Å²) in [6, 6.07) is 6.55. The molecule has 0 radical (unpaired) electrons. The van der Waals surface area contributed by atoms with E-state index in [0.717, 1.165) is 17.8 Å². The maximum atomic E-state index is 11.9. The Labute approximate surface area is 127 Å². The van der Waals surface area contributed by atoms with Crippen molar-refractivity contribution in [2.45, 2.75) is 52.1 Å². The lowest BCUT2D eigenvalue weighted by Gasteiger charge is -2.29. The molecule has 1 amide bonds. The van der Waals surface area contributed by atoms with Gasteiger partial charge in [0.15, 0.2) is 0 Å². The Morgan fingerprint density at radius 3 is 2.71 bits per heavy atom. The fraction of sp³-hybridized carbons (Fsp3) is 0.588. The molecular formula is C17H27N3O. The minimum atomic E-state index is -0.221. The van der Waals surface area contributed by atoms with Gasteiger partial charge in [0, 0.05) is 29.5 Å². The molecule has 1 aliphatic heterocycles. The lowest BCUT2D eigenvalue weighted by molar-refractivity contribution is -0.117. The maximum Gasteiger partial charge on any atom is 0.246 e. The number of carbonyl (C=O) groups is 1. The minimum Gasteiger partial charge on any atom is -0.369 e. The number of rotatable bonds is 7. The first-order valence-electron chi connectivity index (χ1n) is 7.97. The number of nitrogens with one attached hydrogen (secondary N) is 2. The highest BCUT2D eigenvalue weighted by Crippen LogP contribution is 2.34. The normalized spacial score (nSPS) is 17.0. The van der Waals surface area contributed by atoms with Crippen LogP contribution in [0.3, 0.4) is 0 Å². The second-order valence-corrected chi connectivity index (χ2v) is 5.98. The van der Waals surface area contributed by atoms with Gasteiger partial charge in [0.1, 0.15) is 6.04 Å². The van der Waals surface area contributed by atoms with Crippen molar-refractivity contribution in [1.82, 2.24) is 5.32 Å². The molecule has 0 bridgehead atoms. The third-order valence-corrected chi connectivity index (χ3v) is 4.11. The van der Waals surface area contributed by atoms with Crippen molar-refractivity contribution in [3.8, 4) is 0 Å². The van der Waals surface area contributed by atoms with Gasteiger partial charge in [-0.1, -0.05) is 25.8 Å². The molecule has 1 heterocycles. The van der Waals surface area contributed by atoms with Gasteiger partial charge < -0.3 is 15.5 Å². The fourth-order valence-electron chi connectivity index (χ4n) is 2.93. The molecule has 2 rings (SSSR count). The maximum absolute atomic E-state index is 11.9. The molecule has 0 aliphatic carbocycles. The number of benzene rings is 1. The predicted molar refractivity (Wildman–Crippen MR) is 88.9 cm³/mol. The summed E-state index contributed by atoms with van der Waals surface area (Å²) in [6.45, 7) is 7.72. The van der Waals surface area contributed by atoms with Crippen molar-refractivity contribution in [2.24, 2.45) is 0 Å². The van der Waals surface area contributed by atoms with Gasteiger partial charge in [-0.15, -0.1) is 0 Å². The van der Waals surface area contributed by atoms with Crippen LogP contribution in [-0.4, -0.2) is 25.5 Å². The van der Waals surface area contributed by atoms with E-state index in [1.807, 2.05) is 7.05 Å². The highest BCUT2D eigenvalue weighted by Gasteiger charge is 2.29. The van der Waals surface area contributed by atoms with Crippen molar-refractivity contribution < 1.29 is 4.79 Å². The van der Waals surface area contributed by atoms with Gasteiger partial charge >= 0.3 is 0 Å². The van der Waals surface area contributed by atoms with E-state index >= 15 is 0 Å². The zero-order valence-corrected chi connectivity index (χ0v) is 13.6. The summed E-state index contributed by atoms with van der Waals surface area (Å²) in [5.41, 5.74) is 3.18. The minimum absolute atomic E-state index is 0.0340. The van der Waals surface area contributed by atoms with Gasteiger partial charge in [0.2, 0.25) is 5.91 Å². The van der Waals surface area contributed by atoms with Crippen LogP contribution in [0, 0.1) is 0 Å². The van der Waals surface area contributed by atoms with E-state index in [-0.39, 0.29) is 11.9 Å². The van der Waals surface area contributed by atoms with Crippen LogP contribution in [0.5, 0.6) is 0 Å². The molecule has 116 valence electrons. The van der Waals surface area contributed by atoms with Crippen LogP contribution in [-0.2, 0) is 4.79 Å². The molecule has 21 heavy (non-hydrogen) atoms. The second-order valence-electron chi connectivity index (χ2n) is 5.98. The van der Waals surface area contributed by atoms with Gasteiger partial charge in [-0.25, -0.2) is 0 Å². The van der Waals surface area contributed by atoms with Gasteiger partial charge in [0.25, 0.3) is 0 Å². The number of hydrogen-bond acceptors (Lipinski definition) is 3. The lowest BCUT2D eigenvalue weighted by Crippen LogP contribution is -2.31. The third-order valence-electron chi connectivity index (χ3n) is 4.11. The van der Waals surface area contributed by atoms with E-state index in [2.05, 4.69) is 54.5 Å². The standard InChI is InChI=1S/C17H27N3O/c1-5-6-7-10-20(12(2)3)13-8-9-14-15(11-13)19-17(21)16(14)18-4/h8-9,11-12,16,18H,5-7,10H2,1-4H3,(H,19,21). The Morgan fingerprint density at radius 1 is 1.33 bits per heavy atom. The average Bonchev–Trinajstić information content (AvgIpc) is 2.77. The number of unbranched alkanes of at least 4 members (excludes halogenated alkanes) is 2. The molecule has 0 aromatic heterocycles. The van der Waals surface area contributed by atoms with Gasteiger partial charge in [-0.2, -0.15) is 0 Å². The second kappa shape index (κ2) is 6.94. The third kappa shape index (κ3) is 3.38. The van der Waals surface area contributed by atoms with Gasteiger partial charge in [-0.3, -0.25) is 4.79 Å². The van der Waals surface area contributed by atoms with Crippen molar-refractivity contribution in [1.29, 1.82) is 0 Å². The Balaban J connectivity index is 2.20.